The van der Waals surface area contributed by atoms with Crippen LogP contribution < -0.4 is 15.8 Å². The second-order valence-corrected chi connectivity index (χ2v) is 11.9. The van der Waals surface area contributed by atoms with Gasteiger partial charge in [0.1, 0.15) is 11.4 Å². The van der Waals surface area contributed by atoms with Crippen molar-refractivity contribution >= 4 is 23.6 Å². The summed E-state index contributed by atoms with van der Waals surface area (Å²) in [4.78, 5) is 44.7. The van der Waals surface area contributed by atoms with Gasteiger partial charge in [-0.3, -0.25) is 19.5 Å². The predicted octanol–water partition coefficient (Wildman–Crippen LogP) is 3.96. The van der Waals surface area contributed by atoms with Gasteiger partial charge in [-0.05, 0) is 82.7 Å². The highest BCUT2D eigenvalue weighted by Gasteiger charge is 2.34. The molecule has 1 atom stereocenters. The zero-order valence-corrected chi connectivity index (χ0v) is 25.0. The molecule has 2 aliphatic rings. The molecule has 0 saturated heterocycles. The van der Waals surface area contributed by atoms with E-state index < -0.39 is 17.6 Å². The summed E-state index contributed by atoms with van der Waals surface area (Å²) in [6.07, 6.45) is 3.40. The zero-order valence-electron chi connectivity index (χ0n) is 25.0. The molecule has 0 spiro atoms. The molecule has 0 bridgehead atoms. The van der Waals surface area contributed by atoms with E-state index in [1.165, 1.54) is 24.5 Å². The standard InChI is InChI=1S/C31H41N5O5/c1-7-33-29(38)24-15-23(28(32)37)19(2)14-26(24)40-27(25-11-10-22(16-34-25)21-8-9-21)18-35-12-13-36(20(3)17-35)30(39)41-31(4,5)6/h10-11,14-16,21,27H,7-9,12-13,17-18H2,1-6H3,(H2-,32,33,37,38)/p+1/t27-/m1/s1. The van der Waals surface area contributed by atoms with Crippen LogP contribution in [-0.4, -0.2) is 76.4 Å². The number of nitrogens with zero attached hydrogens (tertiary/aromatic N) is 3. The van der Waals surface area contributed by atoms with Crippen molar-refractivity contribution in [3.05, 3.63) is 58.4 Å². The molecule has 220 valence electrons. The topological polar surface area (TPSA) is 127 Å². The lowest BCUT2D eigenvalue weighted by molar-refractivity contribution is -0.458. The number of benzene rings is 1. The Morgan fingerprint density at radius 1 is 1.17 bits per heavy atom. The van der Waals surface area contributed by atoms with Crippen LogP contribution in [0.4, 0.5) is 4.79 Å². The van der Waals surface area contributed by atoms with E-state index in [0.717, 1.165) is 11.4 Å². The first-order valence-electron chi connectivity index (χ1n) is 14.3. The van der Waals surface area contributed by atoms with Crippen molar-refractivity contribution in [3.63, 3.8) is 0 Å². The maximum absolute atomic E-state index is 13.0. The molecule has 1 aromatic heterocycles. The highest BCUT2D eigenvalue weighted by Crippen LogP contribution is 2.40. The maximum Gasteiger partial charge on any atom is 0.596 e. The van der Waals surface area contributed by atoms with Gasteiger partial charge in [0.15, 0.2) is 18.4 Å². The predicted molar refractivity (Wildman–Crippen MR) is 156 cm³/mol. The molecule has 1 aliphatic carbocycles. The number of pyridine rings is 1. The van der Waals surface area contributed by atoms with E-state index in [-0.39, 0.29) is 23.1 Å². The van der Waals surface area contributed by atoms with Gasteiger partial charge in [-0.2, -0.15) is 4.79 Å². The van der Waals surface area contributed by atoms with Crippen molar-refractivity contribution in [2.24, 2.45) is 5.73 Å². The second kappa shape index (κ2) is 12.4. The van der Waals surface area contributed by atoms with Gasteiger partial charge in [0.05, 0.1) is 24.3 Å². The van der Waals surface area contributed by atoms with Crippen molar-refractivity contribution in [2.75, 3.05) is 32.7 Å². The molecular weight excluding hydrogens is 522 g/mol. The number of hydrogen-bond acceptors (Lipinski definition) is 7. The van der Waals surface area contributed by atoms with Gasteiger partial charge in [0.2, 0.25) is 5.91 Å². The molecule has 2 heterocycles. The van der Waals surface area contributed by atoms with Crippen LogP contribution in [0.2, 0.25) is 0 Å². The molecule has 1 fully saturated rings. The second-order valence-electron chi connectivity index (χ2n) is 11.9. The van der Waals surface area contributed by atoms with Gasteiger partial charge in [0.25, 0.3) is 5.91 Å². The van der Waals surface area contributed by atoms with Crippen LogP contribution >= 0.6 is 0 Å². The van der Waals surface area contributed by atoms with Gasteiger partial charge in [-0.1, -0.05) is 6.07 Å². The SMILES string of the molecule is CCNC(=O)c1cc(C(N)=O)c(C)cc1O[C@H](CN1CC[N+](C(=O)OC(C)(C)C)=C(C)C1)c1ccc(C2CC2)cn1. The lowest BCUT2D eigenvalue weighted by Gasteiger charge is -2.30. The Bertz CT molecular complexity index is 1340. The van der Waals surface area contributed by atoms with Crippen LogP contribution in [0.1, 0.15) is 97.0 Å². The lowest BCUT2D eigenvalue weighted by atomic mass is 10.0. The molecular formula is C31H42N5O5+. The highest BCUT2D eigenvalue weighted by atomic mass is 16.6. The molecule has 10 nitrogen and oxygen atoms in total. The number of primary amides is 1. The van der Waals surface area contributed by atoms with Crippen molar-refractivity contribution in [3.8, 4) is 5.75 Å². The number of nitrogens with one attached hydrogen (secondary N) is 1. The van der Waals surface area contributed by atoms with E-state index in [1.54, 1.807) is 17.6 Å². The average Bonchev–Trinajstić information content (AvgIpc) is 3.73. The van der Waals surface area contributed by atoms with Gasteiger partial charge in [0, 0.05) is 31.8 Å². The minimum Gasteiger partial charge on any atom is -0.482 e. The van der Waals surface area contributed by atoms with Gasteiger partial charge >= 0.3 is 6.09 Å². The van der Waals surface area contributed by atoms with E-state index in [1.807, 2.05) is 46.9 Å². The van der Waals surface area contributed by atoms with Gasteiger partial charge in [-0.25, -0.2) is 0 Å². The third-order valence-electron chi connectivity index (χ3n) is 7.22. The first kappa shape index (κ1) is 30.2. The third kappa shape index (κ3) is 7.70. The Morgan fingerprint density at radius 3 is 2.46 bits per heavy atom. The Labute approximate surface area is 241 Å². The number of aromatic nitrogens is 1. The van der Waals surface area contributed by atoms with Crippen molar-refractivity contribution < 1.29 is 28.4 Å². The van der Waals surface area contributed by atoms with Crippen LogP contribution in [0.15, 0.2) is 30.5 Å². The normalized spacial score (nSPS) is 16.7. The van der Waals surface area contributed by atoms with E-state index >= 15 is 0 Å². The minimum absolute atomic E-state index is 0.239. The number of carbonyl (C=O) groups is 3. The molecule has 3 amide bonds. The van der Waals surface area contributed by atoms with Crippen LogP contribution in [0.3, 0.4) is 0 Å². The molecule has 4 rings (SSSR count). The van der Waals surface area contributed by atoms with Crippen molar-refractivity contribution in [2.45, 2.75) is 72.0 Å². The quantitative estimate of drug-likeness (QED) is 0.442. The molecule has 1 aromatic carbocycles. The Balaban J connectivity index is 1.64. The molecule has 2 aromatic rings. The van der Waals surface area contributed by atoms with Crippen LogP contribution in [-0.2, 0) is 4.74 Å². The number of nitrogens with two attached hydrogens (primary N) is 1. The fraction of sp³-hybridized carbons (Fsp3) is 0.516. The summed E-state index contributed by atoms with van der Waals surface area (Å²) in [5.41, 5.74) is 8.96. The van der Waals surface area contributed by atoms with Crippen LogP contribution in [0.5, 0.6) is 5.75 Å². The summed E-state index contributed by atoms with van der Waals surface area (Å²) in [6.45, 7) is 13.6. The van der Waals surface area contributed by atoms with E-state index in [0.29, 0.717) is 50.0 Å². The molecule has 0 radical (unpaired) electrons. The lowest BCUT2D eigenvalue weighted by Crippen LogP contribution is -2.48. The van der Waals surface area contributed by atoms with E-state index in [9.17, 15) is 14.4 Å². The summed E-state index contributed by atoms with van der Waals surface area (Å²) < 4.78 is 13.8. The van der Waals surface area contributed by atoms with Crippen molar-refractivity contribution in [1.82, 2.24) is 15.2 Å². The molecule has 3 N–H and O–H groups in total. The summed E-state index contributed by atoms with van der Waals surface area (Å²) in [5.74, 6) is -0.0367. The third-order valence-corrected chi connectivity index (χ3v) is 7.22. The van der Waals surface area contributed by atoms with E-state index in [4.69, 9.17) is 20.2 Å². The van der Waals surface area contributed by atoms with Gasteiger partial charge in [-0.15, -0.1) is 4.58 Å². The Kier molecular flexibility index (Phi) is 9.11. The average molecular weight is 565 g/mol. The van der Waals surface area contributed by atoms with Crippen LogP contribution in [0.25, 0.3) is 0 Å². The first-order chi connectivity index (χ1) is 19.4. The number of ether oxygens (including phenoxy) is 2. The monoisotopic (exact) mass is 564 g/mol. The fourth-order valence-electron chi connectivity index (χ4n) is 4.96. The fourth-order valence-corrected chi connectivity index (χ4v) is 4.96. The molecule has 1 saturated carbocycles. The number of carbonyl (C=O) groups excluding carboxylic acids is 3. The summed E-state index contributed by atoms with van der Waals surface area (Å²) in [5, 5.41) is 2.80. The highest BCUT2D eigenvalue weighted by molar-refractivity contribution is 6.02. The summed E-state index contributed by atoms with van der Waals surface area (Å²) in [7, 11) is 0. The Morgan fingerprint density at radius 2 is 1.90 bits per heavy atom. The molecule has 41 heavy (non-hydrogen) atoms. The van der Waals surface area contributed by atoms with Crippen molar-refractivity contribution in [1.29, 1.82) is 0 Å². The van der Waals surface area contributed by atoms with Gasteiger partial charge < -0.3 is 20.5 Å². The molecule has 1 aliphatic heterocycles. The largest absolute Gasteiger partial charge is 0.596 e. The number of hydrogen-bond donors (Lipinski definition) is 2. The minimum atomic E-state index is -0.609. The maximum atomic E-state index is 13.0. The van der Waals surface area contributed by atoms with Crippen LogP contribution in [0, 0.1) is 6.92 Å². The molecule has 10 heteroatoms. The summed E-state index contributed by atoms with van der Waals surface area (Å²) in [6, 6.07) is 7.27. The molecule has 0 unspecified atom stereocenters. The smallest absolute Gasteiger partial charge is 0.482 e. The number of amides is 3. The number of aryl methyl sites for hydroxylation is 1. The van der Waals surface area contributed by atoms with E-state index in [2.05, 4.69) is 16.3 Å². The zero-order chi connectivity index (χ0) is 29.9. The summed E-state index contributed by atoms with van der Waals surface area (Å²) >= 11 is 0. The number of rotatable bonds is 9. The first-order valence-corrected chi connectivity index (χ1v) is 14.3. The Hall–Kier alpha value is -3.79.